The molecule has 3 N–H and O–H groups in total. The summed E-state index contributed by atoms with van der Waals surface area (Å²) in [5.74, 6) is -0.487. The van der Waals surface area contributed by atoms with Crippen LogP contribution in [0.4, 0.5) is 14.5 Å². The van der Waals surface area contributed by atoms with Crippen molar-refractivity contribution in [2.75, 3.05) is 25.1 Å². The summed E-state index contributed by atoms with van der Waals surface area (Å²) in [4.78, 5) is 16.0. The molecule has 3 rings (SSSR count). The fourth-order valence-corrected chi connectivity index (χ4v) is 3.36. The molecule has 5 nitrogen and oxygen atoms in total. The van der Waals surface area contributed by atoms with Crippen LogP contribution in [0.5, 0.6) is 5.75 Å². The Kier molecular flexibility index (Phi) is 6.72. The number of halogens is 2. The van der Waals surface area contributed by atoms with E-state index in [4.69, 9.17) is 0 Å². The maximum absolute atomic E-state index is 13.2. The van der Waals surface area contributed by atoms with Gasteiger partial charge in [0, 0.05) is 42.5 Å². The Morgan fingerprint density at radius 2 is 1.97 bits per heavy atom. The number of fused-ring (bicyclic) bond motifs is 1. The van der Waals surface area contributed by atoms with E-state index in [0.717, 1.165) is 11.1 Å². The Hall–Kier alpha value is -3.06. The van der Waals surface area contributed by atoms with E-state index in [1.807, 2.05) is 13.0 Å². The first-order valence-corrected chi connectivity index (χ1v) is 9.45. The number of carbonyl (C=O) groups is 1. The van der Waals surface area contributed by atoms with E-state index in [9.17, 15) is 18.7 Å². The lowest BCUT2D eigenvalue weighted by Crippen LogP contribution is -2.19. The van der Waals surface area contributed by atoms with Crippen LogP contribution in [-0.4, -0.2) is 36.1 Å². The smallest absolute Gasteiger partial charge is 0.154 e. The molecule has 0 aliphatic heterocycles. The van der Waals surface area contributed by atoms with Crippen molar-refractivity contribution in [2.45, 2.75) is 19.9 Å². The van der Waals surface area contributed by atoms with Crippen LogP contribution in [0, 0.1) is 5.82 Å². The minimum absolute atomic E-state index is 0.138. The van der Waals surface area contributed by atoms with Gasteiger partial charge in [-0.15, -0.1) is 0 Å². The first kappa shape index (κ1) is 20.7. The topological polar surface area (TPSA) is 74.2 Å². The molecule has 0 aliphatic rings. The van der Waals surface area contributed by atoms with Crippen molar-refractivity contribution in [1.29, 1.82) is 0 Å². The van der Waals surface area contributed by atoms with Crippen LogP contribution in [0.3, 0.4) is 0 Å². The lowest BCUT2D eigenvalue weighted by atomic mass is 9.97. The van der Waals surface area contributed by atoms with Crippen LogP contribution in [0.15, 0.2) is 36.5 Å². The number of nitrogens with zero attached hydrogens (tertiary/aromatic N) is 1. The highest BCUT2D eigenvalue weighted by molar-refractivity contribution is 6.04. The van der Waals surface area contributed by atoms with E-state index >= 15 is 0 Å². The summed E-state index contributed by atoms with van der Waals surface area (Å²) >= 11 is 0. The van der Waals surface area contributed by atoms with Crippen molar-refractivity contribution in [1.82, 2.24) is 10.3 Å². The van der Waals surface area contributed by atoms with Gasteiger partial charge in [0.15, 0.2) is 12.0 Å². The maximum Gasteiger partial charge on any atom is 0.154 e. The zero-order chi connectivity index (χ0) is 20.8. The summed E-state index contributed by atoms with van der Waals surface area (Å²) in [6, 6.07) is 8.14. The Bertz CT molecular complexity index is 1010. The summed E-state index contributed by atoms with van der Waals surface area (Å²) in [7, 11) is 0. The second-order valence-electron chi connectivity index (χ2n) is 6.67. The molecule has 0 spiro atoms. The first-order chi connectivity index (χ1) is 14.1. The van der Waals surface area contributed by atoms with Crippen molar-refractivity contribution < 1.29 is 18.7 Å². The van der Waals surface area contributed by atoms with Gasteiger partial charge in [-0.3, -0.25) is 9.78 Å². The quantitative estimate of drug-likeness (QED) is 0.288. The van der Waals surface area contributed by atoms with E-state index in [2.05, 4.69) is 15.6 Å². The lowest BCUT2D eigenvalue weighted by Gasteiger charge is -2.18. The molecule has 0 bridgehead atoms. The molecule has 1 heterocycles. The van der Waals surface area contributed by atoms with E-state index in [0.29, 0.717) is 41.4 Å². The third-order valence-electron chi connectivity index (χ3n) is 4.69. The number of aromatic hydroxyl groups is 1. The number of rotatable bonds is 9. The number of pyridine rings is 1. The zero-order valence-corrected chi connectivity index (χ0v) is 16.1. The Morgan fingerprint density at radius 1 is 1.21 bits per heavy atom. The van der Waals surface area contributed by atoms with Crippen LogP contribution in [0.25, 0.3) is 10.9 Å². The van der Waals surface area contributed by atoms with Gasteiger partial charge in [0.25, 0.3) is 0 Å². The normalized spacial score (nSPS) is 11.0. The maximum atomic E-state index is 13.2. The molecule has 0 saturated carbocycles. The number of phenols is 1. The van der Waals surface area contributed by atoms with Crippen molar-refractivity contribution in [3.05, 3.63) is 64.6 Å². The molecule has 0 aliphatic carbocycles. The number of hydrogen-bond acceptors (Lipinski definition) is 5. The molecule has 0 radical (unpaired) electrons. The predicted molar refractivity (Wildman–Crippen MR) is 110 cm³/mol. The van der Waals surface area contributed by atoms with E-state index < -0.39 is 6.67 Å². The number of hydrogen-bond donors (Lipinski definition) is 3. The Labute approximate surface area is 167 Å². The average Bonchev–Trinajstić information content (AvgIpc) is 2.72. The molecule has 0 atom stereocenters. The zero-order valence-electron chi connectivity index (χ0n) is 16.1. The van der Waals surface area contributed by atoms with Crippen molar-refractivity contribution in [3.63, 3.8) is 0 Å². The third-order valence-corrected chi connectivity index (χ3v) is 4.69. The minimum atomic E-state index is -0.532. The number of alkyl halides is 1. The van der Waals surface area contributed by atoms with Gasteiger partial charge in [0.2, 0.25) is 0 Å². The highest BCUT2D eigenvalue weighted by Crippen LogP contribution is 2.37. The average molecular weight is 399 g/mol. The summed E-state index contributed by atoms with van der Waals surface area (Å²) in [5, 5.41) is 17.5. The standard InChI is InChI=1S/C22H23F2N3O2/c1-2-26-20-17-10-15(9-14-3-5-16(24)6-4-14)11-27-21(17)22(29)19(13-28)18(20)12-25-8-7-23/h3-6,10-11,13,25-26,29H,2,7-9,12H2,1H3. The molecular formula is C22H23F2N3O2. The van der Waals surface area contributed by atoms with E-state index in [1.54, 1.807) is 18.3 Å². The van der Waals surface area contributed by atoms with Gasteiger partial charge >= 0.3 is 0 Å². The molecule has 0 saturated heterocycles. The largest absolute Gasteiger partial charge is 0.505 e. The fraction of sp³-hybridized carbons (Fsp3) is 0.273. The number of phenolic OH excluding ortho intramolecular Hbond substituents is 1. The summed E-state index contributed by atoms with van der Waals surface area (Å²) in [6.07, 6.45) is 2.77. The third kappa shape index (κ3) is 4.51. The predicted octanol–water partition coefficient (Wildman–Crippen LogP) is 3.97. The second-order valence-corrected chi connectivity index (χ2v) is 6.67. The van der Waals surface area contributed by atoms with Gasteiger partial charge in [0.1, 0.15) is 18.0 Å². The highest BCUT2D eigenvalue weighted by atomic mass is 19.1. The van der Waals surface area contributed by atoms with Gasteiger partial charge < -0.3 is 15.7 Å². The molecule has 2 aromatic carbocycles. The number of aldehydes is 1. The van der Waals surface area contributed by atoms with Crippen LogP contribution >= 0.6 is 0 Å². The molecule has 152 valence electrons. The lowest BCUT2D eigenvalue weighted by molar-refractivity contribution is 0.112. The molecule has 0 amide bonds. The van der Waals surface area contributed by atoms with Crippen LogP contribution < -0.4 is 10.6 Å². The fourth-order valence-electron chi connectivity index (χ4n) is 3.36. The number of aromatic nitrogens is 1. The SMILES string of the molecule is CCNc1c(CNCCF)c(C=O)c(O)c2ncc(Cc3ccc(F)cc3)cc12. The van der Waals surface area contributed by atoms with E-state index in [-0.39, 0.29) is 30.2 Å². The van der Waals surface area contributed by atoms with Gasteiger partial charge in [-0.25, -0.2) is 8.78 Å². The summed E-state index contributed by atoms with van der Waals surface area (Å²) < 4.78 is 25.7. The van der Waals surface area contributed by atoms with Crippen molar-refractivity contribution in [3.8, 4) is 5.75 Å². The van der Waals surface area contributed by atoms with Gasteiger partial charge in [-0.2, -0.15) is 0 Å². The monoisotopic (exact) mass is 399 g/mol. The summed E-state index contributed by atoms with van der Waals surface area (Å²) in [6.45, 7) is 2.36. The highest BCUT2D eigenvalue weighted by Gasteiger charge is 2.20. The number of anilines is 1. The van der Waals surface area contributed by atoms with Crippen molar-refractivity contribution >= 4 is 22.9 Å². The Morgan fingerprint density at radius 3 is 2.62 bits per heavy atom. The molecular weight excluding hydrogens is 376 g/mol. The van der Waals surface area contributed by atoms with Gasteiger partial charge in [-0.05, 0) is 42.7 Å². The first-order valence-electron chi connectivity index (χ1n) is 9.45. The van der Waals surface area contributed by atoms with Crippen LogP contribution in [0.2, 0.25) is 0 Å². The molecule has 1 aromatic heterocycles. The Balaban J connectivity index is 2.11. The number of nitrogens with one attached hydrogen (secondary N) is 2. The van der Waals surface area contributed by atoms with Gasteiger partial charge in [0.05, 0.1) is 5.56 Å². The summed E-state index contributed by atoms with van der Waals surface area (Å²) in [5.41, 5.74) is 3.52. The second kappa shape index (κ2) is 9.43. The number of benzene rings is 2. The van der Waals surface area contributed by atoms with Crippen LogP contribution in [0.1, 0.15) is 34.0 Å². The molecule has 29 heavy (non-hydrogen) atoms. The van der Waals surface area contributed by atoms with E-state index in [1.165, 1.54) is 12.1 Å². The van der Waals surface area contributed by atoms with Gasteiger partial charge in [-0.1, -0.05) is 12.1 Å². The number of carbonyl (C=O) groups excluding carboxylic acids is 1. The molecule has 0 fully saturated rings. The minimum Gasteiger partial charge on any atom is -0.505 e. The molecule has 3 aromatic rings. The molecule has 0 unspecified atom stereocenters. The van der Waals surface area contributed by atoms with Crippen LogP contribution in [-0.2, 0) is 13.0 Å². The molecule has 7 heteroatoms. The van der Waals surface area contributed by atoms with Crippen molar-refractivity contribution in [2.24, 2.45) is 0 Å².